The van der Waals surface area contributed by atoms with E-state index in [2.05, 4.69) is 16.2 Å². The largest absolute Gasteiger partial charge is 0.389 e. The van der Waals surface area contributed by atoms with Crippen molar-refractivity contribution in [1.29, 1.82) is 0 Å². The van der Waals surface area contributed by atoms with Crippen molar-refractivity contribution in [3.8, 4) is 12.3 Å². The Labute approximate surface area is 146 Å². The third-order valence-electron chi connectivity index (χ3n) is 2.99. The van der Waals surface area contributed by atoms with E-state index >= 15 is 0 Å². The van der Waals surface area contributed by atoms with E-state index in [1.165, 1.54) is 11.3 Å². The van der Waals surface area contributed by atoms with Gasteiger partial charge in [-0.2, -0.15) is 13.2 Å². The number of nitrogens with one attached hydrogen (secondary N) is 1. The fourth-order valence-electron chi connectivity index (χ4n) is 1.87. The normalized spacial score (nSPS) is 11.4. The highest BCUT2D eigenvalue weighted by Crippen LogP contribution is 2.33. The minimum Gasteiger partial charge on any atom is -0.326 e. The number of rotatable bonds is 7. The van der Waals surface area contributed by atoms with Crippen molar-refractivity contribution >= 4 is 44.9 Å². The lowest BCUT2D eigenvalue weighted by atomic mass is 10.2. The van der Waals surface area contributed by atoms with E-state index in [0.717, 1.165) is 16.5 Å². The summed E-state index contributed by atoms with van der Waals surface area (Å²) in [4.78, 5) is 16.1. The number of halogens is 3. The zero-order valence-corrected chi connectivity index (χ0v) is 14.3. The van der Waals surface area contributed by atoms with Crippen molar-refractivity contribution in [1.82, 2.24) is 4.98 Å². The van der Waals surface area contributed by atoms with Gasteiger partial charge in [0.15, 0.2) is 4.34 Å². The van der Waals surface area contributed by atoms with Crippen LogP contribution < -0.4 is 5.32 Å². The molecule has 1 aromatic carbocycles. The van der Waals surface area contributed by atoms with Crippen LogP contribution in [0.25, 0.3) is 10.2 Å². The fraction of sp³-hybridized carbons (Fsp3) is 0.375. The number of unbranched alkanes of at least 4 members (excludes halogenated alkanes) is 1. The van der Waals surface area contributed by atoms with Crippen LogP contribution in [0.5, 0.6) is 0 Å². The van der Waals surface area contributed by atoms with Gasteiger partial charge in [0.05, 0.1) is 16.6 Å². The van der Waals surface area contributed by atoms with E-state index < -0.39 is 12.6 Å². The monoisotopic (exact) mass is 372 g/mol. The van der Waals surface area contributed by atoms with Gasteiger partial charge in [0.1, 0.15) is 0 Å². The van der Waals surface area contributed by atoms with E-state index in [4.69, 9.17) is 6.42 Å². The van der Waals surface area contributed by atoms with Crippen molar-refractivity contribution in [3.05, 3.63) is 18.2 Å². The Kier molecular flexibility index (Phi) is 6.52. The van der Waals surface area contributed by atoms with E-state index in [9.17, 15) is 18.0 Å². The number of alkyl halides is 3. The molecule has 24 heavy (non-hydrogen) atoms. The summed E-state index contributed by atoms with van der Waals surface area (Å²) in [5, 5.41) is 2.78. The summed E-state index contributed by atoms with van der Waals surface area (Å²) in [5.74, 6) is 2.31. The number of nitrogens with zero attached hydrogens (tertiary/aromatic N) is 1. The Morgan fingerprint density at radius 2 is 2.21 bits per heavy atom. The number of thioether (sulfide) groups is 1. The van der Waals surface area contributed by atoms with Gasteiger partial charge in [-0.3, -0.25) is 4.79 Å². The zero-order chi connectivity index (χ0) is 17.6. The second-order valence-electron chi connectivity index (χ2n) is 4.98. The molecular weight excluding hydrogens is 357 g/mol. The van der Waals surface area contributed by atoms with Crippen molar-refractivity contribution in [2.75, 3.05) is 11.1 Å². The van der Waals surface area contributed by atoms with Gasteiger partial charge < -0.3 is 5.32 Å². The number of amides is 1. The van der Waals surface area contributed by atoms with Crippen LogP contribution in [0.3, 0.4) is 0 Å². The number of benzene rings is 1. The van der Waals surface area contributed by atoms with Crippen LogP contribution in [0.2, 0.25) is 0 Å². The first-order chi connectivity index (χ1) is 11.4. The molecule has 128 valence electrons. The molecule has 0 bridgehead atoms. The molecule has 0 spiro atoms. The molecule has 0 unspecified atom stereocenters. The Balaban J connectivity index is 1.95. The average molecular weight is 372 g/mol. The number of thiazole rings is 1. The first-order valence-corrected chi connectivity index (χ1v) is 9.01. The molecule has 0 fully saturated rings. The number of aromatic nitrogens is 1. The molecule has 2 rings (SSSR count). The van der Waals surface area contributed by atoms with Gasteiger partial charge in [-0.25, -0.2) is 4.98 Å². The Morgan fingerprint density at radius 1 is 1.42 bits per heavy atom. The minimum atomic E-state index is -4.15. The molecule has 1 amide bonds. The molecule has 1 N–H and O–H groups in total. The molecule has 3 nitrogen and oxygen atoms in total. The van der Waals surface area contributed by atoms with Crippen LogP contribution in [0, 0.1) is 12.3 Å². The van der Waals surface area contributed by atoms with Gasteiger partial charge in [0.25, 0.3) is 0 Å². The van der Waals surface area contributed by atoms with Crippen molar-refractivity contribution in [2.45, 2.75) is 36.2 Å². The summed E-state index contributed by atoms with van der Waals surface area (Å²) < 4.78 is 37.9. The quantitative estimate of drug-likeness (QED) is 0.418. The maximum absolute atomic E-state index is 12.2. The third-order valence-corrected chi connectivity index (χ3v) is 5.15. The van der Waals surface area contributed by atoms with Crippen LogP contribution in [0.15, 0.2) is 22.5 Å². The third kappa shape index (κ3) is 6.06. The van der Waals surface area contributed by atoms with Crippen molar-refractivity contribution < 1.29 is 18.0 Å². The number of fused-ring (bicyclic) bond motifs is 1. The van der Waals surface area contributed by atoms with Crippen LogP contribution in [0.4, 0.5) is 18.9 Å². The summed E-state index contributed by atoms with van der Waals surface area (Å²) >= 11 is 2.40. The van der Waals surface area contributed by atoms with E-state index in [0.29, 0.717) is 34.8 Å². The molecule has 0 aliphatic carbocycles. The lowest BCUT2D eigenvalue weighted by Gasteiger charge is -2.04. The van der Waals surface area contributed by atoms with Gasteiger partial charge in [-0.15, -0.1) is 23.7 Å². The predicted octanol–water partition coefficient (Wildman–Crippen LogP) is 5.08. The van der Waals surface area contributed by atoms with Crippen molar-refractivity contribution in [2.24, 2.45) is 0 Å². The Bertz CT molecular complexity index is 750. The Hall–Kier alpha value is -1.72. The predicted molar refractivity (Wildman–Crippen MR) is 92.3 cm³/mol. The highest BCUT2D eigenvalue weighted by molar-refractivity contribution is 8.01. The molecule has 2 aromatic rings. The molecule has 0 radical (unpaired) electrons. The molecule has 1 heterocycles. The van der Waals surface area contributed by atoms with E-state index in [-0.39, 0.29) is 11.7 Å². The van der Waals surface area contributed by atoms with Gasteiger partial charge in [-0.05, 0) is 24.6 Å². The number of hydrogen-bond acceptors (Lipinski definition) is 4. The van der Waals surface area contributed by atoms with Crippen LogP contribution >= 0.6 is 23.1 Å². The minimum absolute atomic E-state index is 0.0535. The molecule has 1 aromatic heterocycles. The van der Waals surface area contributed by atoms with Gasteiger partial charge in [0.2, 0.25) is 5.91 Å². The number of carbonyl (C=O) groups excluding carboxylic acids is 1. The smallest absolute Gasteiger partial charge is 0.326 e. The molecule has 0 saturated carbocycles. The topological polar surface area (TPSA) is 42.0 Å². The van der Waals surface area contributed by atoms with E-state index in [1.807, 2.05) is 0 Å². The number of anilines is 1. The maximum Gasteiger partial charge on any atom is 0.389 e. The Morgan fingerprint density at radius 3 is 2.92 bits per heavy atom. The average Bonchev–Trinajstić information content (AvgIpc) is 2.88. The zero-order valence-electron chi connectivity index (χ0n) is 12.7. The SMILES string of the molecule is C#CCCCC(=O)Nc1ccc2nc(SCCC(F)(F)F)sc2c1. The lowest BCUT2D eigenvalue weighted by molar-refractivity contribution is -0.129. The van der Waals surface area contributed by atoms with Gasteiger partial charge in [-0.1, -0.05) is 11.8 Å². The van der Waals surface area contributed by atoms with Crippen LogP contribution in [-0.2, 0) is 4.79 Å². The molecule has 0 atom stereocenters. The maximum atomic E-state index is 12.2. The molecular formula is C16H15F3N2OS2. The molecule has 8 heteroatoms. The number of terminal acetylenes is 1. The number of carbonyl (C=O) groups is 1. The summed E-state index contributed by atoms with van der Waals surface area (Å²) in [6, 6.07) is 5.25. The molecule has 0 saturated heterocycles. The second-order valence-corrected chi connectivity index (χ2v) is 7.35. The standard InChI is InChI=1S/C16H15F3N2OS2/c1-2-3-4-5-14(22)20-11-6-7-12-13(10-11)24-15(21-12)23-9-8-16(17,18)19/h1,6-7,10H,3-5,8-9H2,(H,20,22). The van der Waals surface area contributed by atoms with Crippen LogP contribution in [0.1, 0.15) is 25.7 Å². The van der Waals surface area contributed by atoms with E-state index in [1.54, 1.807) is 18.2 Å². The highest BCUT2D eigenvalue weighted by Gasteiger charge is 2.26. The summed E-state index contributed by atoms with van der Waals surface area (Å²) in [5.41, 5.74) is 1.35. The lowest BCUT2D eigenvalue weighted by Crippen LogP contribution is -2.10. The number of hydrogen-bond donors (Lipinski definition) is 1. The fourth-order valence-corrected chi connectivity index (χ4v) is 4.03. The first-order valence-electron chi connectivity index (χ1n) is 7.21. The second kappa shape index (κ2) is 8.40. The first kappa shape index (κ1) is 18.6. The van der Waals surface area contributed by atoms with Gasteiger partial charge >= 0.3 is 6.18 Å². The van der Waals surface area contributed by atoms with Crippen LogP contribution in [-0.4, -0.2) is 22.8 Å². The van der Waals surface area contributed by atoms with Gasteiger partial charge in [0, 0.05) is 24.3 Å². The summed E-state index contributed by atoms with van der Waals surface area (Å²) in [6.07, 6.45) is 1.68. The summed E-state index contributed by atoms with van der Waals surface area (Å²) in [7, 11) is 0. The van der Waals surface area contributed by atoms with Crippen molar-refractivity contribution in [3.63, 3.8) is 0 Å². The highest BCUT2D eigenvalue weighted by atomic mass is 32.2. The molecule has 0 aliphatic rings. The summed E-state index contributed by atoms with van der Waals surface area (Å²) in [6.45, 7) is 0. The molecule has 0 aliphatic heterocycles.